The number of hydrogen-bond acceptors (Lipinski definition) is 1. The summed E-state index contributed by atoms with van der Waals surface area (Å²) in [6, 6.07) is 7.23. The van der Waals surface area contributed by atoms with Crippen molar-refractivity contribution in [3.8, 4) is 0 Å². The predicted octanol–water partition coefficient (Wildman–Crippen LogP) is 0.869. The van der Waals surface area contributed by atoms with Crippen LogP contribution in [0, 0.1) is 0 Å². The van der Waals surface area contributed by atoms with Crippen LogP contribution in [0.1, 0.15) is 10.4 Å². The van der Waals surface area contributed by atoms with Crippen LogP contribution in [0.15, 0.2) is 29.2 Å². The van der Waals surface area contributed by atoms with Crippen molar-refractivity contribution in [3.05, 3.63) is 29.8 Å². The van der Waals surface area contributed by atoms with Crippen LogP contribution in [0.4, 0.5) is 0 Å². The Hall–Kier alpha value is -0.760. The highest BCUT2D eigenvalue weighted by Crippen LogP contribution is 2.00. The Morgan fingerprint density at radius 3 is 2.67 bits per heavy atom. The van der Waals surface area contributed by atoms with Crippen molar-refractivity contribution in [3.63, 3.8) is 0 Å². The molecule has 0 heterocycles. The maximum absolute atomic E-state index is 10.1. The Balaban J connectivity index is 3.07. The molecule has 0 amide bonds. The second kappa shape index (κ2) is 2.69. The third kappa shape index (κ3) is 1.57. The molecule has 0 N–H and O–H groups in total. The van der Waals surface area contributed by atoms with E-state index >= 15 is 0 Å². The summed E-state index contributed by atoms with van der Waals surface area (Å²) in [6.07, 6.45) is 0.823. The first-order chi connectivity index (χ1) is 4.33. The van der Waals surface area contributed by atoms with E-state index in [4.69, 9.17) is 0 Å². The highest BCUT2D eigenvalue weighted by Gasteiger charge is 1.91. The minimum absolute atomic E-state index is 0.697. The van der Waals surface area contributed by atoms with E-state index in [1.807, 2.05) is 12.1 Å². The van der Waals surface area contributed by atoms with Crippen LogP contribution < -0.4 is 0 Å². The van der Waals surface area contributed by atoms with Crippen molar-refractivity contribution in [2.75, 3.05) is 0 Å². The highest BCUT2D eigenvalue weighted by atomic mass is 32.1. The number of aldehydes is 1. The van der Waals surface area contributed by atoms with Crippen molar-refractivity contribution < 1.29 is 4.79 Å². The number of carbonyl (C=O) groups is 1. The van der Waals surface area contributed by atoms with Gasteiger partial charge in [0.15, 0.2) is 4.90 Å². The molecule has 1 rings (SSSR count). The first-order valence-electron chi connectivity index (χ1n) is 2.60. The van der Waals surface area contributed by atoms with E-state index in [9.17, 15) is 4.79 Å². The first-order valence-corrected chi connectivity index (χ1v) is 3.10. The molecule has 0 radical (unpaired) electrons. The van der Waals surface area contributed by atoms with Crippen molar-refractivity contribution in [2.24, 2.45) is 0 Å². The van der Waals surface area contributed by atoms with Crippen LogP contribution in [0.5, 0.6) is 0 Å². The summed E-state index contributed by atoms with van der Waals surface area (Å²) >= 11 is 3.29. The fourth-order valence-electron chi connectivity index (χ4n) is 0.612. The minimum atomic E-state index is 0.697. The van der Waals surface area contributed by atoms with Gasteiger partial charge in [0.05, 0.1) is 0 Å². The number of hydrogen-bond donors (Lipinski definition) is 0. The van der Waals surface area contributed by atoms with E-state index < -0.39 is 0 Å². The van der Waals surface area contributed by atoms with Crippen molar-refractivity contribution in [1.82, 2.24) is 0 Å². The van der Waals surface area contributed by atoms with Gasteiger partial charge >= 0.3 is 0 Å². The van der Waals surface area contributed by atoms with Crippen LogP contribution in [-0.2, 0) is 12.6 Å². The fourth-order valence-corrected chi connectivity index (χ4v) is 0.875. The van der Waals surface area contributed by atoms with Crippen LogP contribution in [0.2, 0.25) is 0 Å². The molecule has 0 spiro atoms. The van der Waals surface area contributed by atoms with Gasteiger partial charge in [0, 0.05) is 11.6 Å². The van der Waals surface area contributed by atoms with Crippen LogP contribution in [0.3, 0.4) is 0 Å². The van der Waals surface area contributed by atoms with Crippen molar-refractivity contribution >= 4 is 18.9 Å². The molecule has 1 aromatic rings. The molecule has 0 aliphatic carbocycles. The fraction of sp³-hybridized carbons (Fsp3) is 0. The molecule has 2 heteroatoms. The molecule has 46 valence electrons. The monoisotopic (exact) mass is 139 g/mol. The molecule has 0 aliphatic heterocycles. The molecule has 1 nitrogen and oxygen atoms in total. The van der Waals surface area contributed by atoms with Gasteiger partial charge in [-0.2, -0.15) is 0 Å². The summed E-state index contributed by atoms with van der Waals surface area (Å²) in [7, 11) is 0. The Kier molecular flexibility index (Phi) is 1.90. The maximum Gasteiger partial charge on any atom is 0.151 e. The summed E-state index contributed by atoms with van der Waals surface area (Å²) < 4.78 is 0. The molecule has 0 atom stereocenters. The lowest BCUT2D eigenvalue weighted by atomic mass is 10.2. The maximum atomic E-state index is 10.1. The van der Waals surface area contributed by atoms with Gasteiger partial charge in [0.1, 0.15) is 6.29 Å². The lowest BCUT2D eigenvalue weighted by Gasteiger charge is -1.84. The second-order valence-corrected chi connectivity index (χ2v) is 2.32. The van der Waals surface area contributed by atoms with Crippen LogP contribution >= 0.6 is 0 Å². The van der Waals surface area contributed by atoms with E-state index in [0.717, 1.165) is 11.2 Å². The van der Waals surface area contributed by atoms with E-state index in [-0.39, 0.29) is 0 Å². The summed E-state index contributed by atoms with van der Waals surface area (Å²) in [5, 5.41) is 0. The molecular formula is C7H7OS+. The molecule has 0 saturated carbocycles. The molecule has 0 fully saturated rings. The molecule has 0 aliphatic rings. The largest absolute Gasteiger partial charge is 0.298 e. The average molecular weight is 139 g/mol. The summed E-state index contributed by atoms with van der Waals surface area (Å²) in [4.78, 5) is 11.1. The van der Waals surface area contributed by atoms with E-state index in [2.05, 4.69) is 12.6 Å². The average Bonchev–Trinajstić information content (AvgIpc) is 1.88. The zero-order chi connectivity index (χ0) is 6.69. The Morgan fingerprint density at radius 1 is 1.44 bits per heavy atom. The lowest BCUT2D eigenvalue weighted by Crippen LogP contribution is -1.77. The van der Waals surface area contributed by atoms with Gasteiger partial charge in [0.2, 0.25) is 0 Å². The normalized spacial score (nSPS) is 9.00. The minimum Gasteiger partial charge on any atom is -0.298 e. The van der Waals surface area contributed by atoms with E-state index in [1.54, 1.807) is 12.1 Å². The van der Waals surface area contributed by atoms with Gasteiger partial charge in [-0.05, 0) is 18.7 Å². The third-order valence-electron chi connectivity index (χ3n) is 1.02. The second-order valence-electron chi connectivity index (χ2n) is 1.74. The smallest absolute Gasteiger partial charge is 0.151 e. The Morgan fingerprint density at radius 2 is 2.22 bits per heavy atom. The van der Waals surface area contributed by atoms with Gasteiger partial charge in [-0.25, -0.2) is 0 Å². The predicted molar refractivity (Wildman–Crippen MR) is 40.3 cm³/mol. The number of carbonyl (C=O) groups excluding carboxylic acids is 1. The van der Waals surface area contributed by atoms with Gasteiger partial charge in [-0.3, -0.25) is 4.79 Å². The van der Waals surface area contributed by atoms with Crippen LogP contribution in [0.25, 0.3) is 0 Å². The summed E-state index contributed by atoms with van der Waals surface area (Å²) in [5.74, 6) is 0. The van der Waals surface area contributed by atoms with E-state index in [0.29, 0.717) is 5.56 Å². The Labute approximate surface area is 59.1 Å². The molecule has 0 aromatic heterocycles. The molecule has 1 aromatic carbocycles. The van der Waals surface area contributed by atoms with Gasteiger partial charge in [-0.1, -0.05) is 12.1 Å². The topological polar surface area (TPSA) is 17.1 Å². The SMILES string of the molecule is O=Cc1cccc([SH2+])c1. The van der Waals surface area contributed by atoms with E-state index in [1.165, 1.54) is 0 Å². The number of benzene rings is 1. The third-order valence-corrected chi connectivity index (χ3v) is 1.33. The molecular weight excluding hydrogens is 132 g/mol. The zero-order valence-corrected chi connectivity index (χ0v) is 5.79. The number of rotatable bonds is 1. The van der Waals surface area contributed by atoms with Gasteiger partial charge in [0.25, 0.3) is 0 Å². The van der Waals surface area contributed by atoms with Crippen LogP contribution in [-0.4, -0.2) is 6.29 Å². The molecule has 0 unspecified atom stereocenters. The molecule has 0 bridgehead atoms. The lowest BCUT2D eigenvalue weighted by molar-refractivity contribution is 0.112. The first kappa shape index (κ1) is 6.36. The highest BCUT2D eigenvalue weighted by molar-refractivity contribution is 7.58. The quantitative estimate of drug-likeness (QED) is 0.417. The van der Waals surface area contributed by atoms with Gasteiger partial charge < -0.3 is 0 Å². The van der Waals surface area contributed by atoms with Crippen molar-refractivity contribution in [2.45, 2.75) is 4.90 Å². The standard InChI is InChI=1S/C7H6OS/c8-5-6-2-1-3-7(9)4-6/h1-5,9H/p+1. The zero-order valence-electron chi connectivity index (χ0n) is 4.79. The van der Waals surface area contributed by atoms with Gasteiger partial charge in [-0.15, -0.1) is 0 Å². The molecule has 9 heavy (non-hydrogen) atoms. The Bertz CT molecular complexity index is 220. The van der Waals surface area contributed by atoms with Crippen molar-refractivity contribution in [1.29, 1.82) is 0 Å². The molecule has 0 saturated heterocycles. The summed E-state index contributed by atoms with van der Waals surface area (Å²) in [5.41, 5.74) is 0.697. The summed E-state index contributed by atoms with van der Waals surface area (Å²) in [6.45, 7) is 0.